The summed E-state index contributed by atoms with van der Waals surface area (Å²) in [7, 11) is 0. The molecule has 112 valence electrons. The second kappa shape index (κ2) is 6.78. The first-order valence-electron chi connectivity index (χ1n) is 6.80. The molecule has 1 aliphatic rings. The first-order valence-corrected chi connectivity index (χ1v) is 6.80. The van der Waals surface area contributed by atoms with Crippen LogP contribution in [0, 0.1) is 5.92 Å². The van der Waals surface area contributed by atoms with E-state index >= 15 is 0 Å². The van der Waals surface area contributed by atoms with Gasteiger partial charge in [0.15, 0.2) is 0 Å². The lowest BCUT2D eigenvalue weighted by Crippen LogP contribution is -2.39. The number of ether oxygens (including phenoxy) is 1. The molecule has 1 saturated heterocycles. The molecule has 0 N–H and O–H groups in total. The van der Waals surface area contributed by atoms with Gasteiger partial charge in [-0.15, -0.1) is 0 Å². The zero-order valence-electron chi connectivity index (χ0n) is 11.5. The van der Waals surface area contributed by atoms with Gasteiger partial charge in [-0.05, 0) is 26.3 Å². The second-order valence-electron chi connectivity index (χ2n) is 4.85. The SMILES string of the molecule is CCOC(=O)C1CCCN(Cc2nccn2C(F)F)C1. The quantitative estimate of drug-likeness (QED) is 0.778. The fraction of sp³-hybridized carbons (Fsp3) is 0.692. The van der Waals surface area contributed by atoms with Gasteiger partial charge >= 0.3 is 12.5 Å². The van der Waals surface area contributed by atoms with Crippen LogP contribution in [0.25, 0.3) is 0 Å². The highest BCUT2D eigenvalue weighted by atomic mass is 19.3. The topological polar surface area (TPSA) is 47.4 Å². The predicted molar refractivity (Wildman–Crippen MR) is 68.1 cm³/mol. The molecule has 1 aromatic rings. The van der Waals surface area contributed by atoms with Crippen molar-refractivity contribution < 1.29 is 18.3 Å². The van der Waals surface area contributed by atoms with Gasteiger partial charge < -0.3 is 4.74 Å². The maximum atomic E-state index is 12.8. The van der Waals surface area contributed by atoms with E-state index in [1.54, 1.807) is 6.92 Å². The molecule has 2 rings (SSSR count). The summed E-state index contributed by atoms with van der Waals surface area (Å²) in [6.45, 7) is 1.20. The van der Waals surface area contributed by atoms with Crippen LogP contribution < -0.4 is 0 Å². The molecule has 1 aromatic heterocycles. The number of halogens is 2. The Morgan fingerprint density at radius 3 is 3.10 bits per heavy atom. The average molecular weight is 287 g/mol. The highest BCUT2D eigenvalue weighted by Gasteiger charge is 2.27. The summed E-state index contributed by atoms with van der Waals surface area (Å²) >= 11 is 0. The summed E-state index contributed by atoms with van der Waals surface area (Å²) < 4.78 is 31.4. The van der Waals surface area contributed by atoms with E-state index in [9.17, 15) is 13.6 Å². The standard InChI is InChI=1S/C13H19F2N3O2/c1-2-20-12(19)10-4-3-6-17(8-10)9-11-16-5-7-18(11)13(14)15/h5,7,10,13H,2-4,6,8-9H2,1H3. The van der Waals surface area contributed by atoms with E-state index in [4.69, 9.17) is 4.74 Å². The number of likely N-dealkylation sites (tertiary alicyclic amines) is 1. The van der Waals surface area contributed by atoms with Gasteiger partial charge in [-0.3, -0.25) is 14.3 Å². The molecule has 7 heteroatoms. The molecule has 5 nitrogen and oxygen atoms in total. The molecule has 0 amide bonds. The van der Waals surface area contributed by atoms with Gasteiger partial charge in [0.25, 0.3) is 0 Å². The fourth-order valence-electron chi connectivity index (χ4n) is 2.50. The molecule has 0 aliphatic carbocycles. The molecule has 1 aliphatic heterocycles. The molecule has 0 aromatic carbocycles. The van der Waals surface area contributed by atoms with Crippen molar-refractivity contribution in [1.29, 1.82) is 0 Å². The van der Waals surface area contributed by atoms with E-state index in [2.05, 4.69) is 4.98 Å². The predicted octanol–water partition coefficient (Wildman–Crippen LogP) is 2.05. The van der Waals surface area contributed by atoms with Gasteiger partial charge in [0, 0.05) is 18.9 Å². The molecule has 1 fully saturated rings. The van der Waals surface area contributed by atoms with Crippen LogP contribution in [0.15, 0.2) is 12.4 Å². The van der Waals surface area contributed by atoms with Crippen LogP contribution in [0.4, 0.5) is 8.78 Å². The van der Waals surface area contributed by atoms with E-state index in [-0.39, 0.29) is 11.9 Å². The fourth-order valence-corrected chi connectivity index (χ4v) is 2.50. The molecule has 0 radical (unpaired) electrons. The van der Waals surface area contributed by atoms with Crippen LogP contribution in [0.3, 0.4) is 0 Å². The lowest BCUT2D eigenvalue weighted by Gasteiger charge is -2.31. The number of aromatic nitrogens is 2. The van der Waals surface area contributed by atoms with E-state index in [1.165, 1.54) is 12.4 Å². The van der Waals surface area contributed by atoms with Gasteiger partial charge in [-0.25, -0.2) is 4.98 Å². The van der Waals surface area contributed by atoms with Gasteiger partial charge in [0.1, 0.15) is 5.82 Å². The molecular weight excluding hydrogens is 268 g/mol. The minimum Gasteiger partial charge on any atom is -0.466 e. The van der Waals surface area contributed by atoms with Crippen LogP contribution in [-0.2, 0) is 16.1 Å². The van der Waals surface area contributed by atoms with Crippen molar-refractivity contribution in [2.45, 2.75) is 32.9 Å². The van der Waals surface area contributed by atoms with Gasteiger partial charge in [0.05, 0.1) is 19.1 Å². The smallest absolute Gasteiger partial charge is 0.319 e. The summed E-state index contributed by atoms with van der Waals surface area (Å²) in [6.07, 6.45) is 4.29. The Bertz CT molecular complexity index is 451. The Balaban J connectivity index is 1.96. The highest BCUT2D eigenvalue weighted by molar-refractivity contribution is 5.72. The van der Waals surface area contributed by atoms with Gasteiger partial charge in [-0.1, -0.05) is 0 Å². The number of carbonyl (C=O) groups excluding carboxylic acids is 1. The Labute approximate surface area is 116 Å². The third-order valence-corrected chi connectivity index (χ3v) is 3.45. The molecule has 1 unspecified atom stereocenters. The van der Waals surface area contributed by atoms with Crippen molar-refractivity contribution >= 4 is 5.97 Å². The lowest BCUT2D eigenvalue weighted by molar-refractivity contribution is -0.150. The summed E-state index contributed by atoms with van der Waals surface area (Å²) in [5.41, 5.74) is 0. The van der Waals surface area contributed by atoms with E-state index < -0.39 is 6.55 Å². The number of piperidine rings is 1. The zero-order valence-corrected chi connectivity index (χ0v) is 11.5. The first kappa shape index (κ1) is 14.9. The molecule has 20 heavy (non-hydrogen) atoms. The van der Waals surface area contributed by atoms with Crippen molar-refractivity contribution in [2.24, 2.45) is 5.92 Å². The summed E-state index contributed by atoms with van der Waals surface area (Å²) in [5.74, 6) is -0.0439. The molecular formula is C13H19F2N3O2. The van der Waals surface area contributed by atoms with Crippen LogP contribution in [-0.4, -0.2) is 40.1 Å². The van der Waals surface area contributed by atoms with Crippen LogP contribution in [0.1, 0.15) is 32.1 Å². The van der Waals surface area contributed by atoms with E-state index in [1.807, 2.05) is 4.90 Å². The average Bonchev–Trinajstić information content (AvgIpc) is 2.87. The van der Waals surface area contributed by atoms with Crippen molar-refractivity contribution in [1.82, 2.24) is 14.5 Å². The maximum absolute atomic E-state index is 12.8. The largest absolute Gasteiger partial charge is 0.466 e. The first-order chi connectivity index (χ1) is 9.61. The molecule has 0 bridgehead atoms. The Kier molecular flexibility index (Phi) is 5.05. The van der Waals surface area contributed by atoms with Crippen LogP contribution in [0.5, 0.6) is 0 Å². The van der Waals surface area contributed by atoms with Crippen LogP contribution in [0.2, 0.25) is 0 Å². The number of esters is 1. The number of hydrogen-bond donors (Lipinski definition) is 0. The highest BCUT2D eigenvalue weighted by Crippen LogP contribution is 2.21. The number of carbonyl (C=O) groups is 1. The Morgan fingerprint density at radius 1 is 1.60 bits per heavy atom. The summed E-state index contributed by atoms with van der Waals surface area (Å²) in [4.78, 5) is 17.7. The zero-order chi connectivity index (χ0) is 14.5. The number of nitrogens with zero attached hydrogens (tertiary/aromatic N) is 3. The third kappa shape index (κ3) is 3.53. The Morgan fingerprint density at radius 2 is 2.40 bits per heavy atom. The normalized spacial score (nSPS) is 20.3. The monoisotopic (exact) mass is 287 g/mol. The Hall–Kier alpha value is -1.50. The number of alkyl halides is 2. The van der Waals surface area contributed by atoms with Crippen molar-refractivity contribution in [3.05, 3.63) is 18.2 Å². The maximum Gasteiger partial charge on any atom is 0.319 e. The third-order valence-electron chi connectivity index (χ3n) is 3.45. The summed E-state index contributed by atoms with van der Waals surface area (Å²) in [5, 5.41) is 0. The second-order valence-corrected chi connectivity index (χ2v) is 4.85. The van der Waals surface area contributed by atoms with Crippen molar-refractivity contribution in [2.75, 3.05) is 19.7 Å². The van der Waals surface area contributed by atoms with Crippen LogP contribution >= 0.6 is 0 Å². The summed E-state index contributed by atoms with van der Waals surface area (Å²) in [6, 6.07) is 0. The minimum absolute atomic E-state index is 0.168. The lowest BCUT2D eigenvalue weighted by atomic mass is 9.98. The van der Waals surface area contributed by atoms with Crippen molar-refractivity contribution in [3.63, 3.8) is 0 Å². The minimum atomic E-state index is -2.59. The molecule has 0 saturated carbocycles. The molecule has 0 spiro atoms. The number of rotatable bonds is 5. The number of hydrogen-bond acceptors (Lipinski definition) is 4. The number of imidazole rings is 1. The van der Waals surface area contributed by atoms with E-state index in [0.29, 0.717) is 25.5 Å². The van der Waals surface area contributed by atoms with E-state index in [0.717, 1.165) is 24.0 Å². The molecule has 2 heterocycles. The van der Waals surface area contributed by atoms with Gasteiger partial charge in [-0.2, -0.15) is 8.78 Å². The molecule has 1 atom stereocenters. The van der Waals surface area contributed by atoms with Gasteiger partial charge in [0.2, 0.25) is 0 Å². The van der Waals surface area contributed by atoms with Crippen molar-refractivity contribution in [3.8, 4) is 0 Å².